The molecule has 0 fully saturated rings. The Morgan fingerprint density at radius 1 is 1.56 bits per heavy atom. The minimum Gasteiger partial charge on any atom is -0.396 e. The zero-order valence-corrected chi connectivity index (χ0v) is 10.3. The van der Waals surface area contributed by atoms with Crippen LogP contribution in [0, 0.1) is 5.92 Å². The highest BCUT2D eigenvalue weighted by Crippen LogP contribution is 2.21. The van der Waals surface area contributed by atoms with Crippen LogP contribution in [-0.4, -0.2) is 22.7 Å². The number of aliphatic hydroxyl groups is 1. The molecule has 0 radical (unpaired) electrons. The number of nitrogens with zero attached hydrogens (tertiary/aromatic N) is 1. The lowest BCUT2D eigenvalue weighted by atomic mass is 10.0. The third kappa shape index (κ3) is 3.87. The van der Waals surface area contributed by atoms with E-state index in [4.69, 9.17) is 17.3 Å². The lowest BCUT2D eigenvalue weighted by Crippen LogP contribution is -2.26. The number of nitrogens with one attached hydrogen (secondary N) is 1. The van der Waals surface area contributed by atoms with E-state index in [-0.39, 0.29) is 12.6 Å². The van der Waals surface area contributed by atoms with Gasteiger partial charge in [0.25, 0.3) is 0 Å². The Kier molecular flexibility index (Phi) is 4.83. The topological polar surface area (TPSA) is 71.2 Å². The summed E-state index contributed by atoms with van der Waals surface area (Å²) in [6.07, 6.45) is 2.39. The van der Waals surface area contributed by atoms with Crippen molar-refractivity contribution in [3.05, 3.63) is 17.3 Å². The molecule has 1 aromatic rings. The van der Waals surface area contributed by atoms with Crippen molar-refractivity contribution in [1.82, 2.24) is 4.98 Å². The zero-order chi connectivity index (χ0) is 12.1. The molecule has 0 saturated carbocycles. The molecular weight excluding hydrogens is 226 g/mol. The molecule has 0 amide bonds. The van der Waals surface area contributed by atoms with Crippen LogP contribution in [-0.2, 0) is 0 Å². The second kappa shape index (κ2) is 5.92. The predicted octanol–water partition coefficient (Wildman–Crippen LogP) is 2.14. The first kappa shape index (κ1) is 13.1. The smallest absolute Gasteiger partial charge is 0.149 e. The first-order valence-corrected chi connectivity index (χ1v) is 5.69. The maximum atomic E-state index is 9.22. The van der Waals surface area contributed by atoms with Crippen LogP contribution in [0.25, 0.3) is 0 Å². The molecule has 5 heteroatoms. The van der Waals surface area contributed by atoms with E-state index in [2.05, 4.69) is 24.1 Å². The summed E-state index contributed by atoms with van der Waals surface area (Å²) >= 11 is 5.75. The molecule has 0 aliphatic rings. The quantitative estimate of drug-likeness (QED) is 0.741. The number of hydrogen-bond donors (Lipinski definition) is 3. The summed E-state index contributed by atoms with van der Waals surface area (Å²) in [6.45, 7) is 4.26. The molecule has 1 atom stereocenters. The summed E-state index contributed by atoms with van der Waals surface area (Å²) in [4.78, 5) is 4.09. The van der Waals surface area contributed by atoms with Gasteiger partial charge in [0.05, 0.1) is 23.4 Å². The fraction of sp³-hybridized carbons (Fsp3) is 0.545. The maximum absolute atomic E-state index is 9.22. The van der Waals surface area contributed by atoms with Gasteiger partial charge in [-0.3, -0.25) is 0 Å². The lowest BCUT2D eigenvalue weighted by Gasteiger charge is -2.19. The average Bonchev–Trinajstić information content (AvgIpc) is 2.20. The van der Waals surface area contributed by atoms with Gasteiger partial charge in [-0.05, 0) is 18.4 Å². The SMILES string of the molecule is CC(C)CC(CO)Nc1ncc(Cl)cc1N. The van der Waals surface area contributed by atoms with Gasteiger partial charge in [0, 0.05) is 6.20 Å². The fourth-order valence-electron chi connectivity index (χ4n) is 1.52. The molecule has 0 bridgehead atoms. The van der Waals surface area contributed by atoms with Crippen molar-refractivity contribution >= 4 is 23.1 Å². The van der Waals surface area contributed by atoms with Crippen LogP contribution in [0.1, 0.15) is 20.3 Å². The molecule has 1 unspecified atom stereocenters. The van der Waals surface area contributed by atoms with Gasteiger partial charge >= 0.3 is 0 Å². The van der Waals surface area contributed by atoms with Crippen molar-refractivity contribution in [2.24, 2.45) is 5.92 Å². The lowest BCUT2D eigenvalue weighted by molar-refractivity contribution is 0.259. The number of aliphatic hydroxyl groups excluding tert-OH is 1. The minimum atomic E-state index is -0.0315. The van der Waals surface area contributed by atoms with Crippen molar-refractivity contribution in [2.75, 3.05) is 17.7 Å². The number of hydrogen-bond acceptors (Lipinski definition) is 4. The van der Waals surface area contributed by atoms with Gasteiger partial charge in [0.15, 0.2) is 0 Å². The molecule has 0 saturated heterocycles. The molecule has 16 heavy (non-hydrogen) atoms. The molecule has 1 aromatic heterocycles. The van der Waals surface area contributed by atoms with Crippen LogP contribution in [0.3, 0.4) is 0 Å². The van der Waals surface area contributed by atoms with E-state index in [1.54, 1.807) is 6.07 Å². The minimum absolute atomic E-state index is 0.0315. The summed E-state index contributed by atoms with van der Waals surface area (Å²) < 4.78 is 0. The number of rotatable bonds is 5. The molecule has 1 heterocycles. The fourth-order valence-corrected chi connectivity index (χ4v) is 1.68. The number of nitrogen functional groups attached to an aromatic ring is 1. The van der Waals surface area contributed by atoms with Crippen molar-refractivity contribution in [1.29, 1.82) is 0 Å². The molecular formula is C11H18ClN3O. The summed E-state index contributed by atoms with van der Waals surface area (Å²) in [5.41, 5.74) is 6.26. The number of aromatic nitrogens is 1. The first-order chi connectivity index (χ1) is 7.52. The molecule has 0 spiro atoms. The van der Waals surface area contributed by atoms with Crippen LogP contribution >= 0.6 is 11.6 Å². The summed E-state index contributed by atoms with van der Waals surface area (Å²) in [6, 6.07) is 1.61. The van der Waals surface area contributed by atoms with Gasteiger partial charge in [-0.1, -0.05) is 25.4 Å². The first-order valence-electron chi connectivity index (χ1n) is 5.31. The highest BCUT2D eigenvalue weighted by atomic mass is 35.5. The van der Waals surface area contributed by atoms with Crippen LogP contribution in [0.5, 0.6) is 0 Å². The average molecular weight is 244 g/mol. The number of nitrogens with two attached hydrogens (primary N) is 1. The van der Waals surface area contributed by atoms with E-state index in [1.807, 2.05) is 0 Å². The van der Waals surface area contributed by atoms with Crippen LogP contribution < -0.4 is 11.1 Å². The Bertz CT molecular complexity index is 344. The standard InChI is InChI=1S/C11H18ClN3O/c1-7(2)3-9(6-16)15-11-10(13)4-8(12)5-14-11/h4-5,7,9,16H,3,6,13H2,1-2H3,(H,14,15). The van der Waals surface area contributed by atoms with Crippen molar-refractivity contribution in [2.45, 2.75) is 26.3 Å². The van der Waals surface area contributed by atoms with Crippen molar-refractivity contribution < 1.29 is 5.11 Å². The number of anilines is 2. The van der Waals surface area contributed by atoms with Crippen molar-refractivity contribution in [3.8, 4) is 0 Å². The van der Waals surface area contributed by atoms with Crippen LogP contribution in [0.2, 0.25) is 5.02 Å². The summed E-state index contributed by atoms with van der Waals surface area (Å²) in [7, 11) is 0. The van der Waals surface area contributed by atoms with Crippen molar-refractivity contribution in [3.63, 3.8) is 0 Å². The Morgan fingerprint density at radius 2 is 2.25 bits per heavy atom. The van der Waals surface area contributed by atoms with Gasteiger partial charge in [-0.2, -0.15) is 0 Å². The van der Waals surface area contributed by atoms with E-state index in [9.17, 15) is 5.11 Å². The second-order valence-corrected chi connectivity index (χ2v) is 4.68. The largest absolute Gasteiger partial charge is 0.396 e. The number of halogens is 1. The third-order valence-electron chi connectivity index (χ3n) is 2.20. The van der Waals surface area contributed by atoms with Crippen LogP contribution in [0.15, 0.2) is 12.3 Å². The normalized spacial score (nSPS) is 12.8. The van der Waals surface area contributed by atoms with Gasteiger partial charge in [-0.25, -0.2) is 4.98 Å². The van der Waals surface area contributed by atoms with Gasteiger partial charge in [-0.15, -0.1) is 0 Å². The maximum Gasteiger partial charge on any atom is 0.149 e. The highest BCUT2D eigenvalue weighted by molar-refractivity contribution is 6.30. The predicted molar refractivity (Wildman–Crippen MR) is 67.6 cm³/mol. The molecule has 0 aliphatic heterocycles. The molecule has 1 rings (SSSR count). The van der Waals surface area contributed by atoms with E-state index < -0.39 is 0 Å². The molecule has 4 N–H and O–H groups in total. The molecule has 90 valence electrons. The zero-order valence-electron chi connectivity index (χ0n) is 9.57. The summed E-state index contributed by atoms with van der Waals surface area (Å²) in [5, 5.41) is 12.8. The van der Waals surface area contributed by atoms with E-state index in [1.165, 1.54) is 6.20 Å². The monoisotopic (exact) mass is 243 g/mol. The Labute approximate surface area is 101 Å². The summed E-state index contributed by atoms with van der Waals surface area (Å²) in [5.74, 6) is 1.07. The van der Waals surface area contributed by atoms with Gasteiger partial charge in [0.2, 0.25) is 0 Å². The van der Waals surface area contributed by atoms with Gasteiger partial charge in [0.1, 0.15) is 5.82 Å². The molecule has 0 aliphatic carbocycles. The second-order valence-electron chi connectivity index (χ2n) is 4.24. The Hall–Kier alpha value is -1.00. The number of pyridine rings is 1. The van der Waals surface area contributed by atoms with E-state index in [0.717, 1.165) is 6.42 Å². The molecule has 0 aromatic carbocycles. The third-order valence-corrected chi connectivity index (χ3v) is 2.41. The van der Waals surface area contributed by atoms with E-state index in [0.29, 0.717) is 22.4 Å². The highest BCUT2D eigenvalue weighted by Gasteiger charge is 2.11. The molecule has 4 nitrogen and oxygen atoms in total. The Morgan fingerprint density at radius 3 is 2.75 bits per heavy atom. The Balaban J connectivity index is 2.70. The van der Waals surface area contributed by atoms with E-state index >= 15 is 0 Å². The van der Waals surface area contributed by atoms with Gasteiger partial charge < -0.3 is 16.2 Å². The van der Waals surface area contributed by atoms with Crippen LogP contribution in [0.4, 0.5) is 11.5 Å².